The minimum Gasteiger partial charge on any atom is -0.469 e. The number of anilines is 1. The lowest BCUT2D eigenvalue weighted by Gasteiger charge is -2.21. The molecule has 1 aliphatic heterocycles. The van der Waals surface area contributed by atoms with Gasteiger partial charge in [0.05, 0.1) is 19.2 Å². The molecule has 1 saturated heterocycles. The van der Waals surface area contributed by atoms with Crippen LogP contribution in [0.5, 0.6) is 0 Å². The van der Waals surface area contributed by atoms with Crippen LogP contribution in [0.1, 0.15) is 12.0 Å². The van der Waals surface area contributed by atoms with Crippen molar-refractivity contribution in [2.24, 2.45) is 0 Å². The summed E-state index contributed by atoms with van der Waals surface area (Å²) in [6.07, 6.45) is 0.192. The largest absolute Gasteiger partial charge is 0.469 e. The van der Waals surface area contributed by atoms with Crippen LogP contribution in [0.15, 0.2) is 18.2 Å². The number of amides is 1. The second kappa shape index (κ2) is 6.41. The molecule has 1 aliphatic rings. The topological polar surface area (TPSA) is 49.9 Å². The number of benzene rings is 1. The van der Waals surface area contributed by atoms with Crippen molar-refractivity contribution >= 4 is 46.5 Å². The first kappa shape index (κ1) is 15.7. The van der Waals surface area contributed by atoms with Crippen molar-refractivity contribution < 1.29 is 14.3 Å². The molecule has 1 fully saturated rings. The van der Waals surface area contributed by atoms with Gasteiger partial charge in [-0.2, -0.15) is 0 Å². The van der Waals surface area contributed by atoms with Crippen LogP contribution in [0.3, 0.4) is 0 Å². The van der Waals surface area contributed by atoms with Gasteiger partial charge < -0.3 is 9.64 Å². The summed E-state index contributed by atoms with van der Waals surface area (Å²) in [7, 11) is 1.33. The van der Waals surface area contributed by atoms with E-state index in [2.05, 4.69) is 4.74 Å². The zero-order valence-corrected chi connectivity index (χ0v) is 13.3. The summed E-state index contributed by atoms with van der Waals surface area (Å²) in [6.45, 7) is 2.40. The molecule has 1 heterocycles. The maximum atomic E-state index is 12.2. The Hall–Kier alpha value is -1.66. The highest BCUT2D eigenvalue weighted by molar-refractivity contribution is 7.80. The summed E-state index contributed by atoms with van der Waals surface area (Å²) >= 11 is 11.3. The fourth-order valence-electron chi connectivity index (χ4n) is 2.16. The molecule has 2 rings (SSSR count). The molecule has 0 radical (unpaired) electrons. The van der Waals surface area contributed by atoms with Gasteiger partial charge in [-0.3, -0.25) is 14.5 Å². The van der Waals surface area contributed by atoms with Crippen LogP contribution in [0.25, 0.3) is 0 Å². The number of carbonyl (C=O) groups is 2. The highest BCUT2D eigenvalue weighted by Gasteiger charge is 2.34. The average Bonchev–Trinajstić information content (AvgIpc) is 2.72. The predicted octanol–water partition coefficient (Wildman–Crippen LogP) is 2.15. The molecule has 1 aromatic rings. The highest BCUT2D eigenvalue weighted by atomic mass is 35.5. The Morgan fingerprint density at radius 3 is 2.81 bits per heavy atom. The first-order valence-corrected chi connectivity index (χ1v) is 7.17. The molecule has 0 aliphatic carbocycles. The molecule has 0 saturated carbocycles. The number of nitrogens with zero attached hydrogens (tertiary/aromatic N) is 2. The molecule has 0 aromatic heterocycles. The third-order valence-electron chi connectivity index (χ3n) is 3.25. The van der Waals surface area contributed by atoms with Crippen LogP contribution in [0.2, 0.25) is 5.02 Å². The second-order valence-electron chi connectivity index (χ2n) is 4.69. The molecule has 0 atom stereocenters. The van der Waals surface area contributed by atoms with Gasteiger partial charge in [-0.25, -0.2) is 0 Å². The molecular weight excluding hydrogens is 312 g/mol. The minimum absolute atomic E-state index is 0.115. The number of carbonyl (C=O) groups excluding carboxylic acids is 2. The summed E-state index contributed by atoms with van der Waals surface area (Å²) in [5.74, 6) is -0.443. The Morgan fingerprint density at radius 2 is 2.19 bits per heavy atom. The monoisotopic (exact) mass is 326 g/mol. The lowest BCUT2D eigenvalue weighted by atomic mass is 10.2. The van der Waals surface area contributed by atoms with Crippen molar-refractivity contribution in [2.75, 3.05) is 25.1 Å². The van der Waals surface area contributed by atoms with Crippen molar-refractivity contribution in [3.63, 3.8) is 0 Å². The molecule has 0 unspecified atom stereocenters. The average molecular weight is 327 g/mol. The van der Waals surface area contributed by atoms with Crippen molar-refractivity contribution in [1.29, 1.82) is 0 Å². The van der Waals surface area contributed by atoms with Crippen LogP contribution >= 0.6 is 23.8 Å². The van der Waals surface area contributed by atoms with Crippen molar-refractivity contribution in [2.45, 2.75) is 13.3 Å². The molecule has 0 spiro atoms. The Bertz CT molecular complexity index is 606. The van der Waals surface area contributed by atoms with E-state index < -0.39 is 0 Å². The molecule has 0 N–H and O–H groups in total. The minimum atomic E-state index is -0.327. The molecule has 1 amide bonds. The van der Waals surface area contributed by atoms with Gasteiger partial charge in [-0.1, -0.05) is 11.6 Å². The normalized spacial score (nSPS) is 14.8. The summed E-state index contributed by atoms with van der Waals surface area (Å²) < 4.78 is 4.59. The highest BCUT2D eigenvalue weighted by Crippen LogP contribution is 2.27. The smallest absolute Gasteiger partial charge is 0.307 e. The van der Waals surface area contributed by atoms with Crippen LogP contribution in [-0.4, -0.2) is 42.1 Å². The van der Waals surface area contributed by atoms with Crippen LogP contribution in [0, 0.1) is 6.92 Å². The van der Waals surface area contributed by atoms with Gasteiger partial charge >= 0.3 is 5.97 Å². The van der Waals surface area contributed by atoms with Crippen LogP contribution in [0.4, 0.5) is 5.69 Å². The van der Waals surface area contributed by atoms with Crippen LogP contribution in [-0.2, 0) is 14.3 Å². The van der Waals surface area contributed by atoms with Crippen molar-refractivity contribution in [1.82, 2.24) is 4.90 Å². The molecule has 7 heteroatoms. The quantitative estimate of drug-likeness (QED) is 0.627. The Balaban J connectivity index is 2.16. The van der Waals surface area contributed by atoms with E-state index in [1.807, 2.05) is 6.92 Å². The van der Waals surface area contributed by atoms with Gasteiger partial charge in [0.25, 0.3) is 5.91 Å². The lowest BCUT2D eigenvalue weighted by Crippen LogP contribution is -2.34. The number of methoxy groups -OCH3 is 1. The Kier molecular flexibility index (Phi) is 4.80. The third-order valence-corrected chi connectivity index (χ3v) is 3.93. The van der Waals surface area contributed by atoms with Gasteiger partial charge in [0.15, 0.2) is 5.11 Å². The van der Waals surface area contributed by atoms with E-state index in [4.69, 9.17) is 23.8 Å². The fourth-order valence-corrected chi connectivity index (χ4v) is 2.74. The maximum Gasteiger partial charge on any atom is 0.307 e. The van der Waals surface area contributed by atoms with Gasteiger partial charge in [0, 0.05) is 11.6 Å². The number of hydrogen-bond donors (Lipinski definition) is 0. The Labute approximate surface area is 133 Å². The fraction of sp³-hybridized carbons (Fsp3) is 0.357. The molecule has 5 nitrogen and oxygen atoms in total. The van der Waals surface area contributed by atoms with E-state index in [0.717, 1.165) is 11.3 Å². The molecule has 0 bridgehead atoms. The number of esters is 1. The van der Waals surface area contributed by atoms with Gasteiger partial charge in [0.2, 0.25) is 0 Å². The van der Waals surface area contributed by atoms with Crippen molar-refractivity contribution in [3.8, 4) is 0 Å². The number of halogens is 1. The number of aryl methyl sites for hydroxylation is 1. The zero-order chi connectivity index (χ0) is 15.6. The second-order valence-corrected chi connectivity index (χ2v) is 5.49. The summed E-state index contributed by atoms with van der Waals surface area (Å²) in [4.78, 5) is 26.6. The molecule has 1 aromatic carbocycles. The van der Waals surface area contributed by atoms with E-state index in [1.165, 1.54) is 12.0 Å². The SMILES string of the molecule is COC(=O)CCN1CC(=O)N(c2ccc(Cl)cc2C)C1=S. The standard InChI is InChI=1S/C14H15ClN2O3S/c1-9-7-10(15)3-4-11(9)17-12(18)8-16(14(17)21)6-5-13(19)20-2/h3-4,7H,5-6,8H2,1-2H3. The first-order valence-electron chi connectivity index (χ1n) is 6.39. The lowest BCUT2D eigenvalue weighted by molar-refractivity contribution is -0.140. The maximum absolute atomic E-state index is 12.2. The number of thiocarbonyl (C=S) groups is 1. The first-order chi connectivity index (χ1) is 9.93. The Morgan fingerprint density at radius 1 is 1.48 bits per heavy atom. The van der Waals surface area contributed by atoms with E-state index >= 15 is 0 Å². The van der Waals surface area contributed by atoms with Gasteiger partial charge in [-0.05, 0) is 42.9 Å². The number of ether oxygens (including phenoxy) is 1. The summed E-state index contributed by atoms with van der Waals surface area (Å²) in [6, 6.07) is 5.27. The zero-order valence-electron chi connectivity index (χ0n) is 11.8. The third kappa shape index (κ3) is 3.33. The predicted molar refractivity (Wildman–Crippen MR) is 84.5 cm³/mol. The summed E-state index contributed by atoms with van der Waals surface area (Å²) in [5, 5.41) is 1.01. The number of rotatable bonds is 4. The number of hydrogen-bond acceptors (Lipinski definition) is 4. The van der Waals surface area contributed by atoms with E-state index in [-0.39, 0.29) is 24.8 Å². The summed E-state index contributed by atoms with van der Waals surface area (Å²) in [5.41, 5.74) is 1.59. The van der Waals surface area contributed by atoms with E-state index in [1.54, 1.807) is 23.1 Å². The van der Waals surface area contributed by atoms with Crippen molar-refractivity contribution in [3.05, 3.63) is 28.8 Å². The molecular formula is C14H15ClN2O3S. The van der Waals surface area contributed by atoms with Crippen LogP contribution < -0.4 is 4.90 Å². The van der Waals surface area contributed by atoms with E-state index in [0.29, 0.717) is 16.7 Å². The van der Waals surface area contributed by atoms with Gasteiger partial charge in [-0.15, -0.1) is 0 Å². The van der Waals surface area contributed by atoms with E-state index in [9.17, 15) is 9.59 Å². The molecule has 112 valence electrons. The molecule has 21 heavy (non-hydrogen) atoms. The van der Waals surface area contributed by atoms with Gasteiger partial charge in [0.1, 0.15) is 6.54 Å².